The first kappa shape index (κ1) is 19.5. The van der Waals surface area contributed by atoms with Crippen molar-refractivity contribution < 1.29 is 9.47 Å². The smallest absolute Gasteiger partial charge is 0.136 e. The van der Waals surface area contributed by atoms with Gasteiger partial charge in [0, 0.05) is 33.0 Å². The number of ether oxygens (including phenoxy) is 2. The number of hydrogen-bond donors (Lipinski definition) is 0. The molecule has 0 unspecified atom stereocenters. The third-order valence-corrected chi connectivity index (χ3v) is 6.45. The highest BCUT2D eigenvalue weighted by Gasteiger charge is 2.23. The third-order valence-electron chi connectivity index (χ3n) is 5.31. The van der Waals surface area contributed by atoms with E-state index < -0.39 is 0 Å². The van der Waals surface area contributed by atoms with Crippen LogP contribution in [0.5, 0.6) is 11.5 Å². The van der Waals surface area contributed by atoms with Gasteiger partial charge in [0.25, 0.3) is 0 Å². The molecule has 1 aromatic heterocycles. The fourth-order valence-electron chi connectivity index (χ4n) is 3.93. The molecular formula is C23H24ClNO2S. The second-order valence-corrected chi connectivity index (χ2v) is 8.29. The van der Waals surface area contributed by atoms with E-state index in [0.717, 1.165) is 35.8 Å². The number of halogens is 1. The zero-order valence-corrected chi connectivity index (χ0v) is 17.4. The largest absolute Gasteiger partial charge is 0.456 e. The highest BCUT2D eigenvalue weighted by molar-refractivity contribution is 7.16. The van der Waals surface area contributed by atoms with Crippen LogP contribution < -0.4 is 4.74 Å². The molecule has 28 heavy (non-hydrogen) atoms. The molecule has 146 valence electrons. The maximum atomic E-state index is 6.21. The van der Waals surface area contributed by atoms with Gasteiger partial charge < -0.3 is 14.4 Å². The average Bonchev–Trinajstić information content (AvgIpc) is 3.34. The highest BCUT2D eigenvalue weighted by atomic mass is 35.5. The van der Waals surface area contributed by atoms with Crippen molar-refractivity contribution >= 4 is 23.7 Å². The standard InChI is InChI=1S/C23H23NO2S.ClH/c1-3-9-21-18(7-1)20-15-17(16-25-14-13-24-11-5-6-12-24)27-23(20)19-8-2-4-10-22(19)26-21;/h1-4,7-10,15H,5-6,11-14,16H2;1H. The van der Waals surface area contributed by atoms with Crippen LogP contribution in [0.1, 0.15) is 17.7 Å². The summed E-state index contributed by atoms with van der Waals surface area (Å²) in [5.41, 5.74) is 3.57. The molecule has 3 heterocycles. The molecule has 0 saturated carbocycles. The number of likely N-dealkylation sites (tertiary alicyclic amines) is 1. The molecule has 5 heteroatoms. The minimum Gasteiger partial charge on any atom is -0.456 e. The third kappa shape index (κ3) is 3.83. The molecule has 0 aliphatic carbocycles. The van der Waals surface area contributed by atoms with E-state index in [2.05, 4.69) is 35.2 Å². The fourth-order valence-corrected chi connectivity index (χ4v) is 5.06. The summed E-state index contributed by atoms with van der Waals surface area (Å²) < 4.78 is 12.2. The molecule has 0 N–H and O–H groups in total. The lowest BCUT2D eigenvalue weighted by Gasteiger charge is -2.13. The van der Waals surface area contributed by atoms with Crippen molar-refractivity contribution in [2.24, 2.45) is 0 Å². The average molecular weight is 414 g/mol. The maximum absolute atomic E-state index is 6.21. The van der Waals surface area contributed by atoms with Crippen molar-refractivity contribution in [2.75, 3.05) is 26.2 Å². The molecule has 0 atom stereocenters. The SMILES string of the molecule is Cl.c1ccc2c(c1)Oc1ccccc1-c1sc(COCCN3CCCC3)cc1-2. The fraction of sp³-hybridized carbons (Fsp3) is 0.304. The van der Waals surface area contributed by atoms with Gasteiger partial charge in [0.2, 0.25) is 0 Å². The Kier molecular flexibility index (Phi) is 6.02. The van der Waals surface area contributed by atoms with Crippen molar-refractivity contribution in [1.82, 2.24) is 4.90 Å². The van der Waals surface area contributed by atoms with Gasteiger partial charge in [-0.15, -0.1) is 23.7 Å². The molecule has 3 aromatic rings. The Labute approximate surface area is 176 Å². The number of thiophene rings is 1. The van der Waals surface area contributed by atoms with E-state index in [1.165, 1.54) is 41.2 Å². The van der Waals surface area contributed by atoms with Gasteiger partial charge in [0.05, 0.1) is 13.2 Å². The van der Waals surface area contributed by atoms with Crippen molar-refractivity contribution in [3.05, 3.63) is 59.5 Å². The Morgan fingerprint density at radius 2 is 1.57 bits per heavy atom. The molecule has 2 aromatic carbocycles. The van der Waals surface area contributed by atoms with E-state index in [1.54, 1.807) is 0 Å². The van der Waals surface area contributed by atoms with Crippen LogP contribution >= 0.6 is 23.7 Å². The van der Waals surface area contributed by atoms with E-state index in [0.29, 0.717) is 6.61 Å². The van der Waals surface area contributed by atoms with Crippen LogP contribution in [0.4, 0.5) is 0 Å². The zero-order chi connectivity index (χ0) is 18.1. The van der Waals surface area contributed by atoms with E-state index in [1.807, 2.05) is 35.6 Å². The lowest BCUT2D eigenvalue weighted by molar-refractivity contribution is 0.101. The van der Waals surface area contributed by atoms with Crippen LogP contribution in [0.15, 0.2) is 54.6 Å². The highest BCUT2D eigenvalue weighted by Crippen LogP contribution is 2.49. The summed E-state index contributed by atoms with van der Waals surface area (Å²) in [5.74, 6) is 1.84. The number of rotatable bonds is 5. The van der Waals surface area contributed by atoms with Gasteiger partial charge >= 0.3 is 0 Å². The topological polar surface area (TPSA) is 21.7 Å². The lowest BCUT2D eigenvalue weighted by Crippen LogP contribution is -2.23. The molecular weight excluding hydrogens is 390 g/mol. The van der Waals surface area contributed by atoms with Gasteiger partial charge in [-0.3, -0.25) is 0 Å². The summed E-state index contributed by atoms with van der Waals surface area (Å²) >= 11 is 1.82. The van der Waals surface area contributed by atoms with Crippen molar-refractivity contribution in [2.45, 2.75) is 19.4 Å². The predicted molar refractivity (Wildman–Crippen MR) is 118 cm³/mol. The van der Waals surface area contributed by atoms with Gasteiger partial charge in [-0.05, 0) is 50.2 Å². The first-order valence-electron chi connectivity index (χ1n) is 9.68. The number of fused-ring (bicyclic) bond motifs is 5. The van der Waals surface area contributed by atoms with Crippen LogP contribution in [0, 0.1) is 0 Å². The van der Waals surface area contributed by atoms with Gasteiger partial charge in [-0.25, -0.2) is 0 Å². The van der Waals surface area contributed by atoms with Crippen molar-refractivity contribution in [3.63, 3.8) is 0 Å². The first-order valence-corrected chi connectivity index (χ1v) is 10.5. The summed E-state index contributed by atoms with van der Waals surface area (Å²) in [6, 6.07) is 18.9. The van der Waals surface area contributed by atoms with E-state index >= 15 is 0 Å². The van der Waals surface area contributed by atoms with E-state index in [9.17, 15) is 0 Å². The second-order valence-electron chi connectivity index (χ2n) is 7.15. The summed E-state index contributed by atoms with van der Waals surface area (Å²) in [6.07, 6.45) is 2.66. The van der Waals surface area contributed by atoms with Crippen LogP contribution in [-0.2, 0) is 11.3 Å². The predicted octanol–water partition coefficient (Wildman–Crippen LogP) is 6.22. The summed E-state index contributed by atoms with van der Waals surface area (Å²) in [7, 11) is 0. The Morgan fingerprint density at radius 3 is 2.36 bits per heavy atom. The molecule has 0 bridgehead atoms. The number of para-hydroxylation sites is 2. The van der Waals surface area contributed by atoms with Crippen LogP contribution in [0.2, 0.25) is 0 Å². The second kappa shape index (κ2) is 8.66. The summed E-state index contributed by atoms with van der Waals surface area (Å²) in [6.45, 7) is 4.98. The molecule has 1 saturated heterocycles. The number of hydrogen-bond acceptors (Lipinski definition) is 4. The lowest BCUT2D eigenvalue weighted by atomic mass is 10.0. The van der Waals surface area contributed by atoms with Crippen molar-refractivity contribution in [3.8, 4) is 33.1 Å². The molecule has 2 aliphatic rings. The summed E-state index contributed by atoms with van der Waals surface area (Å²) in [5, 5.41) is 0. The Bertz CT molecular complexity index is 886. The van der Waals surface area contributed by atoms with Gasteiger partial charge in [0.1, 0.15) is 11.5 Å². The molecule has 0 spiro atoms. The van der Waals surface area contributed by atoms with Crippen molar-refractivity contribution in [1.29, 1.82) is 0 Å². The van der Waals surface area contributed by atoms with E-state index in [-0.39, 0.29) is 12.4 Å². The summed E-state index contributed by atoms with van der Waals surface area (Å²) in [4.78, 5) is 5.04. The van der Waals surface area contributed by atoms with Crippen LogP contribution in [0.25, 0.3) is 21.6 Å². The Morgan fingerprint density at radius 1 is 0.893 bits per heavy atom. The number of nitrogens with zero attached hydrogens (tertiary/aromatic N) is 1. The molecule has 1 fully saturated rings. The molecule has 0 radical (unpaired) electrons. The Balaban J connectivity index is 0.00000192. The van der Waals surface area contributed by atoms with E-state index in [4.69, 9.17) is 9.47 Å². The van der Waals surface area contributed by atoms with Gasteiger partial charge in [-0.1, -0.05) is 30.3 Å². The minimum absolute atomic E-state index is 0. The number of benzene rings is 2. The molecule has 2 aliphatic heterocycles. The molecule has 5 rings (SSSR count). The normalized spacial score (nSPS) is 15.0. The quantitative estimate of drug-likeness (QED) is 0.362. The molecule has 0 amide bonds. The minimum atomic E-state index is 0. The Hall–Kier alpha value is -1.85. The first-order chi connectivity index (χ1) is 13.4. The zero-order valence-electron chi connectivity index (χ0n) is 15.7. The molecule has 3 nitrogen and oxygen atoms in total. The van der Waals surface area contributed by atoms with Crippen LogP contribution in [0.3, 0.4) is 0 Å². The van der Waals surface area contributed by atoms with Gasteiger partial charge in [0.15, 0.2) is 0 Å². The maximum Gasteiger partial charge on any atom is 0.136 e. The van der Waals surface area contributed by atoms with Crippen LogP contribution in [-0.4, -0.2) is 31.1 Å². The monoisotopic (exact) mass is 413 g/mol. The van der Waals surface area contributed by atoms with Gasteiger partial charge in [-0.2, -0.15) is 0 Å².